The van der Waals surface area contributed by atoms with Gasteiger partial charge < -0.3 is 14.3 Å². The Balaban J connectivity index is 1.45. The van der Waals surface area contributed by atoms with Crippen LogP contribution in [0.2, 0.25) is 0 Å². The van der Waals surface area contributed by atoms with Gasteiger partial charge in [-0.3, -0.25) is 0 Å². The van der Waals surface area contributed by atoms with Crippen molar-refractivity contribution in [2.24, 2.45) is 5.92 Å². The second-order valence-corrected chi connectivity index (χ2v) is 5.85. The van der Waals surface area contributed by atoms with Gasteiger partial charge in [-0.25, -0.2) is 0 Å². The zero-order valence-electron chi connectivity index (χ0n) is 12.4. The Bertz CT molecular complexity index is 566. The van der Waals surface area contributed by atoms with Gasteiger partial charge in [0.05, 0.1) is 12.2 Å². The molecule has 0 aliphatic heterocycles. The second-order valence-electron chi connectivity index (χ2n) is 5.85. The molecule has 0 radical (unpaired) electrons. The molecule has 0 bridgehead atoms. The summed E-state index contributed by atoms with van der Waals surface area (Å²) in [5, 5.41) is 7.38. The summed E-state index contributed by atoms with van der Waals surface area (Å²) in [6.45, 7) is 7.91. The van der Waals surface area contributed by atoms with E-state index in [4.69, 9.17) is 8.94 Å². The molecule has 1 aliphatic carbocycles. The van der Waals surface area contributed by atoms with E-state index in [1.165, 1.54) is 12.0 Å². The highest BCUT2D eigenvalue weighted by Gasteiger charge is 2.36. The number of aryl methyl sites for hydroxylation is 2. The van der Waals surface area contributed by atoms with Crippen molar-refractivity contribution >= 4 is 0 Å². The molecule has 2 aromatic heterocycles. The Hall–Kier alpha value is -1.55. The summed E-state index contributed by atoms with van der Waals surface area (Å²) in [6, 6.07) is 4.21. The molecular formula is C16H22N2O2. The van der Waals surface area contributed by atoms with Crippen molar-refractivity contribution in [2.45, 2.75) is 46.1 Å². The van der Waals surface area contributed by atoms with Gasteiger partial charge in [-0.15, -0.1) is 0 Å². The van der Waals surface area contributed by atoms with Crippen molar-refractivity contribution in [1.29, 1.82) is 0 Å². The minimum absolute atomic E-state index is 0.658. The minimum Gasteiger partial charge on any atom is -0.464 e. The van der Waals surface area contributed by atoms with Crippen molar-refractivity contribution < 1.29 is 8.94 Å². The smallest absolute Gasteiger partial charge is 0.137 e. The summed E-state index contributed by atoms with van der Waals surface area (Å²) in [7, 11) is 0. The highest BCUT2D eigenvalue weighted by molar-refractivity contribution is 5.21. The van der Waals surface area contributed by atoms with Gasteiger partial charge in [-0.2, -0.15) is 0 Å². The van der Waals surface area contributed by atoms with Crippen LogP contribution in [-0.2, 0) is 13.0 Å². The van der Waals surface area contributed by atoms with E-state index >= 15 is 0 Å². The lowest BCUT2D eigenvalue weighted by Gasteiger charge is -2.02. The molecule has 1 saturated carbocycles. The van der Waals surface area contributed by atoms with Crippen LogP contribution in [-0.4, -0.2) is 11.7 Å². The molecule has 20 heavy (non-hydrogen) atoms. The lowest BCUT2D eigenvalue weighted by atomic mass is 10.1. The Labute approximate surface area is 119 Å². The standard InChI is InChI=1S/C16H22N2O2/c1-10-8-15(10)16-5-4-13(19-16)9-17-7-6-14-11(2)18-20-12(14)3/h4-5,10,15,17H,6-9H2,1-3H3. The maximum Gasteiger partial charge on any atom is 0.137 e. The number of nitrogens with zero attached hydrogens (tertiary/aromatic N) is 1. The average Bonchev–Trinajstić information content (AvgIpc) is 2.85. The molecule has 108 valence electrons. The van der Waals surface area contributed by atoms with Gasteiger partial charge in [-0.05, 0) is 51.3 Å². The first-order valence-corrected chi connectivity index (χ1v) is 7.36. The van der Waals surface area contributed by atoms with Gasteiger partial charge in [0.2, 0.25) is 0 Å². The zero-order valence-corrected chi connectivity index (χ0v) is 12.4. The van der Waals surface area contributed by atoms with Crippen LogP contribution < -0.4 is 5.32 Å². The predicted octanol–water partition coefficient (Wildman–Crippen LogP) is 3.34. The molecule has 2 unspecified atom stereocenters. The van der Waals surface area contributed by atoms with Crippen molar-refractivity contribution in [3.63, 3.8) is 0 Å². The molecular weight excluding hydrogens is 252 g/mol. The van der Waals surface area contributed by atoms with Gasteiger partial charge in [0, 0.05) is 11.5 Å². The SMILES string of the molecule is Cc1noc(C)c1CCNCc1ccc(C2CC2C)o1. The largest absolute Gasteiger partial charge is 0.464 e. The van der Waals surface area contributed by atoms with E-state index in [9.17, 15) is 0 Å². The summed E-state index contributed by atoms with van der Waals surface area (Å²) < 4.78 is 11.0. The minimum atomic E-state index is 0.658. The Morgan fingerprint density at radius 3 is 2.80 bits per heavy atom. The topological polar surface area (TPSA) is 51.2 Å². The van der Waals surface area contributed by atoms with Crippen LogP contribution in [0.4, 0.5) is 0 Å². The first-order valence-electron chi connectivity index (χ1n) is 7.36. The fourth-order valence-electron chi connectivity index (χ4n) is 2.69. The van der Waals surface area contributed by atoms with Crippen molar-refractivity contribution in [2.75, 3.05) is 6.54 Å². The molecule has 2 atom stereocenters. The summed E-state index contributed by atoms with van der Waals surface area (Å²) in [5.74, 6) is 4.55. The van der Waals surface area contributed by atoms with Crippen LogP contribution in [0.5, 0.6) is 0 Å². The van der Waals surface area contributed by atoms with Crippen LogP contribution in [0.3, 0.4) is 0 Å². The van der Waals surface area contributed by atoms with E-state index in [0.29, 0.717) is 5.92 Å². The lowest BCUT2D eigenvalue weighted by molar-refractivity contribution is 0.392. The summed E-state index contributed by atoms with van der Waals surface area (Å²) in [5.41, 5.74) is 2.21. The van der Waals surface area contributed by atoms with E-state index in [1.807, 2.05) is 13.8 Å². The highest BCUT2D eigenvalue weighted by atomic mass is 16.5. The molecule has 2 aromatic rings. The number of hydrogen-bond acceptors (Lipinski definition) is 4. The monoisotopic (exact) mass is 274 g/mol. The second kappa shape index (κ2) is 5.44. The third-order valence-electron chi connectivity index (χ3n) is 4.19. The number of aromatic nitrogens is 1. The molecule has 1 N–H and O–H groups in total. The molecule has 4 heteroatoms. The van der Waals surface area contributed by atoms with Gasteiger partial charge in [-0.1, -0.05) is 12.1 Å². The van der Waals surface area contributed by atoms with Crippen LogP contribution in [0, 0.1) is 19.8 Å². The third kappa shape index (κ3) is 2.80. The number of rotatable bonds is 6. The molecule has 4 nitrogen and oxygen atoms in total. The van der Waals surface area contributed by atoms with E-state index < -0.39 is 0 Å². The highest BCUT2D eigenvalue weighted by Crippen LogP contribution is 2.47. The van der Waals surface area contributed by atoms with E-state index in [-0.39, 0.29) is 0 Å². The zero-order chi connectivity index (χ0) is 14.1. The Kier molecular flexibility index (Phi) is 3.66. The van der Waals surface area contributed by atoms with Crippen LogP contribution in [0.25, 0.3) is 0 Å². The predicted molar refractivity (Wildman–Crippen MR) is 76.6 cm³/mol. The molecule has 1 fully saturated rings. The van der Waals surface area contributed by atoms with Crippen molar-refractivity contribution in [3.8, 4) is 0 Å². The van der Waals surface area contributed by atoms with Gasteiger partial charge >= 0.3 is 0 Å². The van der Waals surface area contributed by atoms with E-state index in [0.717, 1.165) is 48.4 Å². The molecule has 2 heterocycles. The lowest BCUT2D eigenvalue weighted by Crippen LogP contribution is -2.16. The first kappa shape index (κ1) is 13.4. The fraction of sp³-hybridized carbons (Fsp3) is 0.562. The quantitative estimate of drug-likeness (QED) is 0.821. The third-order valence-corrected chi connectivity index (χ3v) is 4.19. The van der Waals surface area contributed by atoms with Crippen molar-refractivity contribution in [3.05, 3.63) is 40.7 Å². The first-order chi connectivity index (χ1) is 9.65. The maximum atomic E-state index is 5.87. The van der Waals surface area contributed by atoms with Crippen molar-refractivity contribution in [1.82, 2.24) is 10.5 Å². The molecule has 0 amide bonds. The Morgan fingerprint density at radius 1 is 1.35 bits per heavy atom. The van der Waals surface area contributed by atoms with Crippen LogP contribution >= 0.6 is 0 Å². The van der Waals surface area contributed by atoms with Gasteiger partial charge in [0.25, 0.3) is 0 Å². The molecule has 0 saturated heterocycles. The van der Waals surface area contributed by atoms with E-state index in [1.54, 1.807) is 0 Å². The summed E-state index contributed by atoms with van der Waals surface area (Å²) >= 11 is 0. The maximum absolute atomic E-state index is 5.87. The molecule has 1 aliphatic rings. The Morgan fingerprint density at radius 2 is 2.15 bits per heavy atom. The molecule has 3 rings (SSSR count). The number of furan rings is 1. The molecule has 0 spiro atoms. The van der Waals surface area contributed by atoms with Gasteiger partial charge in [0.1, 0.15) is 17.3 Å². The summed E-state index contributed by atoms with van der Waals surface area (Å²) in [4.78, 5) is 0. The fourth-order valence-corrected chi connectivity index (χ4v) is 2.69. The summed E-state index contributed by atoms with van der Waals surface area (Å²) in [6.07, 6.45) is 2.21. The number of hydrogen-bond donors (Lipinski definition) is 1. The van der Waals surface area contributed by atoms with Gasteiger partial charge in [0.15, 0.2) is 0 Å². The van der Waals surface area contributed by atoms with Crippen LogP contribution in [0.15, 0.2) is 21.1 Å². The number of nitrogens with one attached hydrogen (secondary N) is 1. The van der Waals surface area contributed by atoms with Crippen LogP contribution in [0.1, 0.15) is 47.8 Å². The molecule has 0 aromatic carbocycles. The normalized spacial score (nSPS) is 21.4. The van der Waals surface area contributed by atoms with E-state index in [2.05, 4.69) is 29.5 Å². The average molecular weight is 274 g/mol.